The van der Waals surface area contributed by atoms with Gasteiger partial charge in [-0.05, 0) is 41.5 Å². The number of methoxy groups -OCH3 is 1. The normalized spacial score (nSPS) is 12.4. The molecular weight excluding hydrogens is 325 g/mol. The predicted molar refractivity (Wildman–Crippen MR) is 79.6 cm³/mol. The molecule has 1 heterocycles. The van der Waals surface area contributed by atoms with Crippen LogP contribution in [0.2, 0.25) is 0 Å². The number of furan rings is 1. The lowest BCUT2D eigenvalue weighted by molar-refractivity contribution is 0.400. The average Bonchev–Trinajstić information content (AvgIpc) is 2.85. The minimum atomic E-state index is -0.343. The van der Waals surface area contributed by atoms with Crippen LogP contribution >= 0.6 is 15.9 Å². The summed E-state index contributed by atoms with van der Waals surface area (Å²) in [4.78, 5) is 0. The standard InChI is InChI=1S/C15H17BrFNO2/c1-4-18-15(10-5-9(2)20-8-10)11-6-12(16)13(17)7-14(11)19-3/h5-8,15,18H,4H2,1-3H3. The Bertz CT molecular complexity index is 598. The third-order valence-electron chi connectivity index (χ3n) is 3.08. The summed E-state index contributed by atoms with van der Waals surface area (Å²) in [5.41, 5.74) is 1.85. The zero-order chi connectivity index (χ0) is 14.7. The number of hydrogen-bond donors (Lipinski definition) is 1. The SMILES string of the molecule is CCNC(c1coc(C)c1)c1cc(Br)c(F)cc1OC. The van der Waals surface area contributed by atoms with Gasteiger partial charge in [0.2, 0.25) is 0 Å². The molecule has 1 atom stereocenters. The Morgan fingerprint density at radius 3 is 2.70 bits per heavy atom. The summed E-state index contributed by atoms with van der Waals surface area (Å²) in [6.07, 6.45) is 1.71. The number of halogens is 2. The van der Waals surface area contributed by atoms with Gasteiger partial charge in [0, 0.05) is 17.2 Å². The lowest BCUT2D eigenvalue weighted by Crippen LogP contribution is -2.22. The van der Waals surface area contributed by atoms with Crippen LogP contribution in [0.3, 0.4) is 0 Å². The summed E-state index contributed by atoms with van der Waals surface area (Å²) < 4.78 is 24.7. The first-order chi connectivity index (χ1) is 9.56. The first kappa shape index (κ1) is 15.1. The molecule has 2 aromatic rings. The van der Waals surface area contributed by atoms with E-state index >= 15 is 0 Å². The van der Waals surface area contributed by atoms with Crippen LogP contribution in [0.25, 0.3) is 0 Å². The van der Waals surface area contributed by atoms with Crippen molar-refractivity contribution in [2.45, 2.75) is 19.9 Å². The Kier molecular flexibility index (Phi) is 4.83. The summed E-state index contributed by atoms with van der Waals surface area (Å²) in [6, 6.07) is 4.98. The second-order valence-electron chi connectivity index (χ2n) is 4.49. The van der Waals surface area contributed by atoms with Gasteiger partial charge in [0.1, 0.15) is 17.3 Å². The quantitative estimate of drug-likeness (QED) is 0.885. The van der Waals surface area contributed by atoms with Gasteiger partial charge in [-0.15, -0.1) is 0 Å². The summed E-state index contributed by atoms with van der Waals surface area (Å²) >= 11 is 3.22. The van der Waals surface area contributed by atoms with Gasteiger partial charge in [0.25, 0.3) is 0 Å². The topological polar surface area (TPSA) is 34.4 Å². The number of aryl methyl sites for hydroxylation is 1. The molecule has 20 heavy (non-hydrogen) atoms. The molecule has 0 saturated heterocycles. The van der Waals surface area contributed by atoms with E-state index in [9.17, 15) is 4.39 Å². The Morgan fingerprint density at radius 2 is 2.15 bits per heavy atom. The van der Waals surface area contributed by atoms with Crippen LogP contribution in [-0.4, -0.2) is 13.7 Å². The van der Waals surface area contributed by atoms with Crippen LogP contribution in [0.4, 0.5) is 4.39 Å². The van der Waals surface area contributed by atoms with E-state index < -0.39 is 0 Å². The molecule has 0 aliphatic heterocycles. The van der Waals surface area contributed by atoms with Crippen molar-refractivity contribution in [2.75, 3.05) is 13.7 Å². The summed E-state index contributed by atoms with van der Waals surface area (Å²) in [7, 11) is 1.54. The van der Waals surface area contributed by atoms with E-state index in [0.717, 1.165) is 23.4 Å². The van der Waals surface area contributed by atoms with Gasteiger partial charge in [0.05, 0.1) is 23.9 Å². The van der Waals surface area contributed by atoms with Gasteiger partial charge in [-0.1, -0.05) is 6.92 Å². The predicted octanol–water partition coefficient (Wildman–Crippen LogP) is 4.20. The van der Waals surface area contributed by atoms with Crippen LogP contribution in [-0.2, 0) is 0 Å². The first-order valence-corrected chi connectivity index (χ1v) is 7.17. The van der Waals surface area contributed by atoms with Gasteiger partial charge in [-0.2, -0.15) is 0 Å². The molecule has 0 aliphatic rings. The monoisotopic (exact) mass is 341 g/mol. The number of nitrogens with one attached hydrogen (secondary N) is 1. The maximum absolute atomic E-state index is 13.6. The molecule has 5 heteroatoms. The van der Waals surface area contributed by atoms with E-state index in [2.05, 4.69) is 21.2 Å². The Balaban J connectivity index is 2.51. The molecule has 108 valence electrons. The third-order valence-corrected chi connectivity index (χ3v) is 3.68. The van der Waals surface area contributed by atoms with Crippen molar-refractivity contribution in [2.24, 2.45) is 0 Å². The highest BCUT2D eigenvalue weighted by atomic mass is 79.9. The third kappa shape index (κ3) is 3.04. The summed E-state index contributed by atoms with van der Waals surface area (Å²) in [5, 5.41) is 3.37. The van der Waals surface area contributed by atoms with E-state index in [1.807, 2.05) is 19.9 Å². The zero-order valence-electron chi connectivity index (χ0n) is 11.7. The Morgan fingerprint density at radius 1 is 1.40 bits per heavy atom. The molecule has 0 radical (unpaired) electrons. The van der Waals surface area contributed by atoms with E-state index in [0.29, 0.717) is 10.2 Å². The van der Waals surface area contributed by atoms with Crippen molar-refractivity contribution in [1.29, 1.82) is 0 Å². The molecule has 1 aromatic heterocycles. The number of ether oxygens (including phenoxy) is 1. The second-order valence-corrected chi connectivity index (χ2v) is 5.34. The molecule has 0 fully saturated rings. The molecule has 1 unspecified atom stereocenters. The second kappa shape index (κ2) is 6.41. The lowest BCUT2D eigenvalue weighted by Gasteiger charge is -2.20. The van der Waals surface area contributed by atoms with Crippen LogP contribution < -0.4 is 10.1 Å². The number of hydrogen-bond acceptors (Lipinski definition) is 3. The first-order valence-electron chi connectivity index (χ1n) is 6.38. The average molecular weight is 342 g/mol. The van der Waals surface area contributed by atoms with E-state index in [1.54, 1.807) is 12.3 Å². The molecule has 0 bridgehead atoms. The minimum Gasteiger partial charge on any atom is -0.496 e. The molecule has 1 aromatic carbocycles. The van der Waals surface area contributed by atoms with E-state index in [-0.39, 0.29) is 11.9 Å². The van der Waals surface area contributed by atoms with Crippen molar-refractivity contribution in [3.63, 3.8) is 0 Å². The van der Waals surface area contributed by atoms with Crippen LogP contribution in [0.1, 0.15) is 29.9 Å². The minimum absolute atomic E-state index is 0.107. The van der Waals surface area contributed by atoms with Gasteiger partial charge in [-0.3, -0.25) is 0 Å². The van der Waals surface area contributed by atoms with Crippen molar-refractivity contribution in [3.8, 4) is 5.75 Å². The Labute approximate surface area is 126 Å². The van der Waals surface area contributed by atoms with E-state index in [1.165, 1.54) is 13.2 Å². The van der Waals surface area contributed by atoms with Gasteiger partial charge >= 0.3 is 0 Å². The lowest BCUT2D eigenvalue weighted by atomic mass is 9.99. The highest BCUT2D eigenvalue weighted by molar-refractivity contribution is 9.10. The van der Waals surface area contributed by atoms with E-state index in [4.69, 9.17) is 9.15 Å². The van der Waals surface area contributed by atoms with Crippen LogP contribution in [0.5, 0.6) is 5.75 Å². The zero-order valence-corrected chi connectivity index (χ0v) is 13.3. The van der Waals surface area contributed by atoms with Crippen LogP contribution in [0, 0.1) is 12.7 Å². The van der Waals surface area contributed by atoms with Crippen molar-refractivity contribution >= 4 is 15.9 Å². The van der Waals surface area contributed by atoms with Gasteiger partial charge in [-0.25, -0.2) is 4.39 Å². The highest BCUT2D eigenvalue weighted by Crippen LogP contribution is 2.34. The maximum Gasteiger partial charge on any atom is 0.141 e. The maximum atomic E-state index is 13.6. The molecule has 2 rings (SSSR count). The van der Waals surface area contributed by atoms with Crippen molar-refractivity contribution in [3.05, 3.63) is 51.6 Å². The summed E-state index contributed by atoms with van der Waals surface area (Å²) in [6.45, 7) is 4.68. The molecule has 0 aliphatic carbocycles. The highest BCUT2D eigenvalue weighted by Gasteiger charge is 2.21. The number of rotatable bonds is 5. The largest absolute Gasteiger partial charge is 0.496 e. The van der Waals surface area contributed by atoms with Gasteiger partial charge in [0.15, 0.2) is 0 Å². The smallest absolute Gasteiger partial charge is 0.141 e. The van der Waals surface area contributed by atoms with Crippen LogP contribution in [0.15, 0.2) is 33.4 Å². The number of benzene rings is 1. The Hall–Kier alpha value is -1.33. The fourth-order valence-electron chi connectivity index (χ4n) is 2.17. The van der Waals surface area contributed by atoms with Gasteiger partial charge < -0.3 is 14.5 Å². The molecule has 3 nitrogen and oxygen atoms in total. The fourth-order valence-corrected chi connectivity index (χ4v) is 2.53. The molecular formula is C15H17BrFNO2. The fraction of sp³-hybridized carbons (Fsp3) is 0.333. The molecule has 0 saturated carbocycles. The molecule has 0 spiro atoms. The van der Waals surface area contributed by atoms with Crippen molar-refractivity contribution in [1.82, 2.24) is 5.32 Å². The molecule has 1 N–H and O–H groups in total. The molecule has 0 amide bonds. The van der Waals surface area contributed by atoms with Crippen molar-refractivity contribution < 1.29 is 13.5 Å². The summed E-state index contributed by atoms with van der Waals surface area (Å²) in [5.74, 6) is 1.00.